The minimum atomic E-state index is -0.403. The fraction of sp³-hybridized carbons (Fsp3) is 0.130. The van der Waals surface area contributed by atoms with Crippen molar-refractivity contribution >= 4 is 52.4 Å². The molecule has 0 bridgehead atoms. The lowest BCUT2D eigenvalue weighted by Gasteiger charge is -2.22. The summed E-state index contributed by atoms with van der Waals surface area (Å²) in [6.07, 6.45) is 0. The predicted molar refractivity (Wildman–Crippen MR) is 123 cm³/mol. The first-order chi connectivity index (χ1) is 14.5. The number of carbonyl (C=O) groups is 2. The van der Waals surface area contributed by atoms with E-state index in [4.69, 9.17) is 11.6 Å². The summed E-state index contributed by atoms with van der Waals surface area (Å²) in [5.41, 5.74) is 3.59. The Balaban J connectivity index is 1.60. The van der Waals surface area contributed by atoms with Crippen LogP contribution in [0.15, 0.2) is 70.5 Å². The average molecular weight is 438 g/mol. The van der Waals surface area contributed by atoms with Gasteiger partial charge in [0.25, 0.3) is 5.91 Å². The van der Waals surface area contributed by atoms with Crippen LogP contribution < -0.4 is 15.5 Å². The lowest BCUT2D eigenvalue weighted by Crippen LogP contribution is -2.30. The largest absolute Gasteiger partial charge is 0.323 e. The molecule has 0 aromatic heterocycles. The molecule has 3 aromatic rings. The van der Waals surface area contributed by atoms with Crippen molar-refractivity contribution in [1.29, 1.82) is 0 Å². The highest BCUT2D eigenvalue weighted by Crippen LogP contribution is 2.42. The number of benzene rings is 3. The van der Waals surface area contributed by atoms with E-state index in [2.05, 4.69) is 10.6 Å². The Bertz CT molecular complexity index is 1150. The fourth-order valence-electron chi connectivity index (χ4n) is 3.32. The van der Waals surface area contributed by atoms with Gasteiger partial charge in [-0.1, -0.05) is 41.6 Å². The maximum absolute atomic E-state index is 13.1. The lowest BCUT2D eigenvalue weighted by molar-refractivity contribution is 0.0985. The van der Waals surface area contributed by atoms with Crippen LogP contribution in [0.3, 0.4) is 0 Å². The van der Waals surface area contributed by atoms with Gasteiger partial charge in [0.2, 0.25) is 0 Å². The summed E-state index contributed by atoms with van der Waals surface area (Å²) < 4.78 is 0. The monoisotopic (exact) mass is 437 g/mol. The van der Waals surface area contributed by atoms with E-state index in [0.29, 0.717) is 28.5 Å². The third kappa shape index (κ3) is 4.01. The van der Waals surface area contributed by atoms with E-state index in [1.807, 2.05) is 62.4 Å². The number of amides is 3. The van der Waals surface area contributed by atoms with Gasteiger partial charge in [0.1, 0.15) is 0 Å². The molecule has 0 radical (unpaired) electrons. The average Bonchev–Trinajstić information content (AvgIpc) is 2.84. The molecule has 0 saturated carbocycles. The Labute approximate surface area is 184 Å². The molecule has 4 rings (SSSR count). The van der Waals surface area contributed by atoms with Crippen molar-refractivity contribution < 1.29 is 9.59 Å². The summed E-state index contributed by atoms with van der Waals surface area (Å²) in [6, 6.07) is 18.2. The number of fused-ring (bicyclic) bond motifs is 2. The molecule has 5 nitrogen and oxygen atoms in total. The molecular formula is C23H20ClN3O2S. The van der Waals surface area contributed by atoms with Crippen LogP contribution in [0.4, 0.5) is 21.9 Å². The van der Waals surface area contributed by atoms with Crippen LogP contribution in [0, 0.1) is 6.92 Å². The van der Waals surface area contributed by atoms with Crippen LogP contribution in [0.1, 0.15) is 22.8 Å². The molecule has 1 aliphatic rings. The normalized spacial score (nSPS) is 12.6. The Morgan fingerprint density at radius 1 is 1.03 bits per heavy atom. The standard InChI is InChI=1S/C23H20ClN3O2S/c1-3-27-19-13-15(25-23(29)26-18-10-8-14(2)12-17(18)24)9-11-21(19)30-20-7-5-4-6-16(20)22(27)28/h4-13H,3H2,1-2H3,(H2,25,26,29). The highest BCUT2D eigenvalue weighted by Gasteiger charge is 2.26. The summed E-state index contributed by atoms with van der Waals surface area (Å²) >= 11 is 7.75. The molecule has 0 unspecified atom stereocenters. The minimum Gasteiger partial charge on any atom is -0.308 e. The number of nitrogens with zero attached hydrogens (tertiary/aromatic N) is 1. The quantitative estimate of drug-likeness (QED) is 0.496. The maximum atomic E-state index is 13.1. The van der Waals surface area contributed by atoms with Crippen LogP contribution in [0.2, 0.25) is 5.02 Å². The van der Waals surface area contributed by atoms with Crippen molar-refractivity contribution in [3.63, 3.8) is 0 Å². The van der Waals surface area contributed by atoms with Crippen molar-refractivity contribution in [3.05, 3.63) is 76.8 Å². The van der Waals surface area contributed by atoms with Gasteiger partial charge in [0.15, 0.2) is 0 Å². The van der Waals surface area contributed by atoms with Crippen molar-refractivity contribution in [2.45, 2.75) is 23.6 Å². The van der Waals surface area contributed by atoms with E-state index in [1.165, 1.54) is 0 Å². The SMILES string of the molecule is CCN1C(=O)c2ccccc2Sc2ccc(NC(=O)Nc3ccc(C)cc3Cl)cc21. The second kappa shape index (κ2) is 8.42. The van der Waals surface area contributed by atoms with Crippen LogP contribution >= 0.6 is 23.4 Å². The van der Waals surface area contributed by atoms with Gasteiger partial charge in [0, 0.05) is 22.0 Å². The molecule has 1 heterocycles. The van der Waals surface area contributed by atoms with Gasteiger partial charge in [-0.05, 0) is 61.9 Å². The summed E-state index contributed by atoms with van der Waals surface area (Å²) in [5, 5.41) is 6.06. The molecule has 0 aliphatic carbocycles. The highest BCUT2D eigenvalue weighted by molar-refractivity contribution is 7.99. The smallest absolute Gasteiger partial charge is 0.308 e. The van der Waals surface area contributed by atoms with E-state index >= 15 is 0 Å². The van der Waals surface area contributed by atoms with Gasteiger partial charge in [-0.2, -0.15) is 0 Å². The number of halogens is 1. The maximum Gasteiger partial charge on any atom is 0.323 e. The molecule has 152 valence electrons. The minimum absolute atomic E-state index is 0.0487. The Hall–Kier alpha value is -2.96. The molecule has 3 aromatic carbocycles. The van der Waals surface area contributed by atoms with Crippen LogP contribution in [0.25, 0.3) is 0 Å². The Morgan fingerprint density at radius 3 is 2.60 bits per heavy atom. The molecule has 3 amide bonds. The zero-order valence-electron chi connectivity index (χ0n) is 16.5. The highest BCUT2D eigenvalue weighted by atomic mass is 35.5. The molecule has 7 heteroatoms. The lowest BCUT2D eigenvalue weighted by atomic mass is 10.1. The van der Waals surface area contributed by atoms with Gasteiger partial charge < -0.3 is 15.5 Å². The van der Waals surface area contributed by atoms with Crippen molar-refractivity contribution in [1.82, 2.24) is 0 Å². The van der Waals surface area contributed by atoms with Crippen molar-refractivity contribution in [2.24, 2.45) is 0 Å². The first kappa shape index (κ1) is 20.3. The number of nitrogens with one attached hydrogen (secondary N) is 2. The number of hydrogen-bond acceptors (Lipinski definition) is 3. The third-order valence-corrected chi connectivity index (χ3v) is 6.23. The third-order valence-electron chi connectivity index (χ3n) is 4.78. The summed E-state index contributed by atoms with van der Waals surface area (Å²) in [6.45, 7) is 4.39. The molecule has 0 spiro atoms. The molecule has 0 fully saturated rings. The second-order valence-electron chi connectivity index (χ2n) is 6.89. The Morgan fingerprint density at radius 2 is 1.83 bits per heavy atom. The van der Waals surface area contributed by atoms with Crippen molar-refractivity contribution in [2.75, 3.05) is 22.1 Å². The number of anilines is 3. The molecular weight excluding hydrogens is 418 g/mol. The van der Waals surface area contributed by atoms with Crippen LogP contribution in [-0.2, 0) is 0 Å². The zero-order chi connectivity index (χ0) is 21.3. The molecule has 0 atom stereocenters. The summed E-state index contributed by atoms with van der Waals surface area (Å²) in [7, 11) is 0. The molecule has 0 saturated heterocycles. The van der Waals surface area contributed by atoms with Gasteiger partial charge >= 0.3 is 6.03 Å². The molecule has 30 heavy (non-hydrogen) atoms. The van der Waals surface area contributed by atoms with Crippen molar-refractivity contribution in [3.8, 4) is 0 Å². The number of aryl methyl sites for hydroxylation is 1. The summed E-state index contributed by atoms with van der Waals surface area (Å²) in [4.78, 5) is 29.2. The van der Waals surface area contributed by atoms with Gasteiger partial charge in [-0.15, -0.1) is 0 Å². The predicted octanol–water partition coefficient (Wildman–Crippen LogP) is 6.42. The van der Waals surface area contributed by atoms with Gasteiger partial charge in [0.05, 0.1) is 22.0 Å². The second-order valence-corrected chi connectivity index (χ2v) is 8.38. The number of urea groups is 1. The van der Waals surface area contributed by atoms with E-state index < -0.39 is 6.03 Å². The number of carbonyl (C=O) groups excluding carboxylic acids is 2. The van der Waals surface area contributed by atoms with Crippen LogP contribution in [-0.4, -0.2) is 18.5 Å². The topological polar surface area (TPSA) is 61.4 Å². The first-order valence-electron chi connectivity index (χ1n) is 9.53. The van der Waals surface area contributed by atoms with Gasteiger partial charge in [-0.25, -0.2) is 4.79 Å². The number of rotatable bonds is 3. The van der Waals surface area contributed by atoms with E-state index in [9.17, 15) is 9.59 Å². The first-order valence-corrected chi connectivity index (χ1v) is 10.7. The number of hydrogen-bond donors (Lipinski definition) is 2. The molecule has 2 N–H and O–H groups in total. The molecule has 1 aliphatic heterocycles. The Kier molecular flexibility index (Phi) is 5.70. The summed E-state index contributed by atoms with van der Waals surface area (Å²) in [5.74, 6) is -0.0487. The van der Waals surface area contributed by atoms with Gasteiger partial charge in [-0.3, -0.25) is 4.79 Å². The van der Waals surface area contributed by atoms with E-state index in [0.717, 1.165) is 21.0 Å². The fourth-order valence-corrected chi connectivity index (χ4v) is 4.66. The van der Waals surface area contributed by atoms with E-state index in [1.54, 1.807) is 28.8 Å². The van der Waals surface area contributed by atoms with Crippen LogP contribution in [0.5, 0.6) is 0 Å². The zero-order valence-corrected chi connectivity index (χ0v) is 18.1. The van der Waals surface area contributed by atoms with E-state index in [-0.39, 0.29) is 5.91 Å².